The van der Waals surface area contributed by atoms with Crippen molar-refractivity contribution in [2.24, 2.45) is 5.92 Å². The zero-order valence-corrected chi connectivity index (χ0v) is 9.82. The van der Waals surface area contributed by atoms with E-state index in [9.17, 15) is 5.11 Å². The quantitative estimate of drug-likeness (QED) is 0.756. The van der Waals surface area contributed by atoms with Gasteiger partial charge in [-0.2, -0.15) is 0 Å². The molecular formula is C14H22O. The summed E-state index contributed by atoms with van der Waals surface area (Å²) in [5.74, 6) is 0.466. The van der Waals surface area contributed by atoms with E-state index in [1.807, 2.05) is 6.07 Å². The highest BCUT2D eigenvalue weighted by Gasteiger charge is 2.14. The molecule has 0 bridgehead atoms. The maximum Gasteiger partial charge on any atom is 0.0571 e. The van der Waals surface area contributed by atoms with Crippen molar-refractivity contribution in [3.63, 3.8) is 0 Å². The van der Waals surface area contributed by atoms with Crippen LogP contribution in [0, 0.1) is 5.92 Å². The summed E-state index contributed by atoms with van der Waals surface area (Å²) >= 11 is 0. The van der Waals surface area contributed by atoms with Crippen LogP contribution >= 0.6 is 0 Å². The normalized spacial score (nSPS) is 13.1. The lowest BCUT2D eigenvalue weighted by Gasteiger charge is -2.19. The van der Waals surface area contributed by atoms with Gasteiger partial charge >= 0.3 is 0 Å². The van der Waals surface area contributed by atoms with Crippen LogP contribution in [0.1, 0.15) is 38.7 Å². The van der Waals surface area contributed by atoms with E-state index in [-0.39, 0.29) is 6.10 Å². The van der Waals surface area contributed by atoms with Crippen molar-refractivity contribution < 1.29 is 5.11 Å². The third-order valence-electron chi connectivity index (χ3n) is 3.16. The Morgan fingerprint density at radius 1 is 1.07 bits per heavy atom. The molecule has 15 heavy (non-hydrogen) atoms. The molecule has 0 radical (unpaired) electrons. The predicted octanol–water partition coefficient (Wildman–Crippen LogP) is 3.42. The van der Waals surface area contributed by atoms with Gasteiger partial charge in [-0.05, 0) is 24.3 Å². The Balaban J connectivity index is 2.36. The fraction of sp³-hybridized carbons (Fsp3) is 0.571. The number of rotatable bonds is 6. The van der Waals surface area contributed by atoms with Crippen LogP contribution in [0.2, 0.25) is 0 Å². The Hall–Kier alpha value is -0.820. The third kappa shape index (κ3) is 4.05. The van der Waals surface area contributed by atoms with Crippen LogP contribution in [0.3, 0.4) is 0 Å². The Labute approximate surface area is 93.1 Å². The Morgan fingerprint density at radius 3 is 2.20 bits per heavy atom. The average molecular weight is 206 g/mol. The zero-order chi connectivity index (χ0) is 11.1. The maximum absolute atomic E-state index is 9.97. The van der Waals surface area contributed by atoms with E-state index in [1.54, 1.807) is 0 Å². The molecule has 0 spiro atoms. The molecule has 0 aliphatic rings. The summed E-state index contributed by atoms with van der Waals surface area (Å²) in [6.07, 6.45) is 3.88. The second-order valence-corrected chi connectivity index (χ2v) is 4.17. The molecule has 0 fully saturated rings. The molecule has 0 amide bonds. The van der Waals surface area contributed by atoms with Crippen molar-refractivity contribution in [1.29, 1.82) is 0 Å². The largest absolute Gasteiger partial charge is 0.393 e. The van der Waals surface area contributed by atoms with Crippen molar-refractivity contribution in [3.05, 3.63) is 35.9 Å². The number of benzene rings is 1. The minimum absolute atomic E-state index is 0.139. The van der Waals surface area contributed by atoms with Gasteiger partial charge < -0.3 is 5.11 Å². The molecule has 1 rings (SSSR count). The van der Waals surface area contributed by atoms with Crippen molar-refractivity contribution in [1.82, 2.24) is 0 Å². The summed E-state index contributed by atoms with van der Waals surface area (Å²) in [4.78, 5) is 0. The van der Waals surface area contributed by atoms with E-state index in [1.165, 1.54) is 5.56 Å². The number of hydrogen-bond acceptors (Lipinski definition) is 1. The van der Waals surface area contributed by atoms with Gasteiger partial charge in [0, 0.05) is 0 Å². The zero-order valence-electron chi connectivity index (χ0n) is 9.82. The molecule has 0 aliphatic carbocycles. The van der Waals surface area contributed by atoms with E-state index in [2.05, 4.69) is 38.1 Å². The van der Waals surface area contributed by atoms with Gasteiger partial charge in [-0.3, -0.25) is 0 Å². The van der Waals surface area contributed by atoms with Gasteiger partial charge in [-0.15, -0.1) is 0 Å². The fourth-order valence-electron chi connectivity index (χ4n) is 2.03. The molecule has 0 saturated carbocycles. The number of aryl methyl sites for hydroxylation is 1. The van der Waals surface area contributed by atoms with E-state index in [0.717, 1.165) is 25.7 Å². The number of aliphatic hydroxyl groups excluding tert-OH is 1. The van der Waals surface area contributed by atoms with E-state index in [0.29, 0.717) is 5.92 Å². The summed E-state index contributed by atoms with van der Waals surface area (Å²) < 4.78 is 0. The molecule has 0 saturated heterocycles. The van der Waals surface area contributed by atoms with Gasteiger partial charge in [0.15, 0.2) is 0 Å². The van der Waals surface area contributed by atoms with Crippen LogP contribution in [0.15, 0.2) is 30.3 Å². The molecule has 1 aromatic rings. The van der Waals surface area contributed by atoms with Gasteiger partial charge in [0.1, 0.15) is 0 Å². The Morgan fingerprint density at radius 2 is 1.67 bits per heavy atom. The van der Waals surface area contributed by atoms with Gasteiger partial charge in [-0.25, -0.2) is 0 Å². The lowest BCUT2D eigenvalue weighted by Crippen LogP contribution is -2.19. The molecule has 1 heteroatoms. The molecule has 0 aliphatic heterocycles. The lowest BCUT2D eigenvalue weighted by molar-refractivity contribution is 0.0945. The first-order valence-corrected chi connectivity index (χ1v) is 5.99. The summed E-state index contributed by atoms with van der Waals surface area (Å²) in [5.41, 5.74) is 1.32. The van der Waals surface area contributed by atoms with E-state index in [4.69, 9.17) is 0 Å². The predicted molar refractivity (Wildman–Crippen MR) is 64.8 cm³/mol. The van der Waals surface area contributed by atoms with E-state index >= 15 is 0 Å². The standard InChI is InChI=1S/C14H22O/c1-3-13(4-2)14(15)11-10-12-8-6-5-7-9-12/h5-9,13-15H,3-4,10-11H2,1-2H3. The van der Waals surface area contributed by atoms with Crippen LogP contribution in [-0.2, 0) is 6.42 Å². The second-order valence-electron chi connectivity index (χ2n) is 4.17. The molecule has 1 nitrogen and oxygen atoms in total. The molecule has 0 heterocycles. The highest BCUT2D eigenvalue weighted by molar-refractivity contribution is 5.14. The lowest BCUT2D eigenvalue weighted by atomic mass is 9.92. The summed E-state index contributed by atoms with van der Waals surface area (Å²) in [5, 5.41) is 9.97. The van der Waals surface area contributed by atoms with Crippen LogP contribution in [0.5, 0.6) is 0 Å². The van der Waals surface area contributed by atoms with Gasteiger partial charge in [0.2, 0.25) is 0 Å². The molecule has 0 aromatic heterocycles. The molecular weight excluding hydrogens is 184 g/mol. The monoisotopic (exact) mass is 206 g/mol. The molecule has 1 N–H and O–H groups in total. The van der Waals surface area contributed by atoms with Gasteiger partial charge in [0.05, 0.1) is 6.10 Å². The highest BCUT2D eigenvalue weighted by atomic mass is 16.3. The third-order valence-corrected chi connectivity index (χ3v) is 3.16. The van der Waals surface area contributed by atoms with Crippen molar-refractivity contribution >= 4 is 0 Å². The number of hydrogen-bond donors (Lipinski definition) is 1. The molecule has 1 aromatic carbocycles. The van der Waals surface area contributed by atoms with Crippen LogP contribution in [-0.4, -0.2) is 11.2 Å². The van der Waals surface area contributed by atoms with Crippen LogP contribution in [0.4, 0.5) is 0 Å². The highest BCUT2D eigenvalue weighted by Crippen LogP contribution is 2.17. The van der Waals surface area contributed by atoms with E-state index < -0.39 is 0 Å². The topological polar surface area (TPSA) is 20.2 Å². The SMILES string of the molecule is CCC(CC)C(O)CCc1ccccc1. The first-order chi connectivity index (χ1) is 7.27. The van der Waals surface area contributed by atoms with Gasteiger partial charge in [0.25, 0.3) is 0 Å². The van der Waals surface area contributed by atoms with Gasteiger partial charge in [-0.1, -0.05) is 57.0 Å². The Kier molecular flexibility index (Phi) is 5.41. The minimum atomic E-state index is -0.139. The van der Waals surface area contributed by atoms with Crippen molar-refractivity contribution in [2.75, 3.05) is 0 Å². The smallest absolute Gasteiger partial charge is 0.0571 e. The summed E-state index contributed by atoms with van der Waals surface area (Å²) in [6.45, 7) is 4.31. The van der Waals surface area contributed by atoms with Crippen LogP contribution < -0.4 is 0 Å². The first-order valence-electron chi connectivity index (χ1n) is 5.99. The van der Waals surface area contributed by atoms with Crippen molar-refractivity contribution in [2.45, 2.75) is 45.6 Å². The van der Waals surface area contributed by atoms with Crippen molar-refractivity contribution in [3.8, 4) is 0 Å². The average Bonchev–Trinajstić information content (AvgIpc) is 2.29. The summed E-state index contributed by atoms with van der Waals surface area (Å²) in [7, 11) is 0. The Bertz CT molecular complexity index is 251. The number of aliphatic hydroxyl groups is 1. The molecule has 84 valence electrons. The first kappa shape index (κ1) is 12.3. The molecule has 1 unspecified atom stereocenters. The molecule has 1 atom stereocenters. The maximum atomic E-state index is 9.97. The fourth-order valence-corrected chi connectivity index (χ4v) is 2.03. The second kappa shape index (κ2) is 6.62. The summed E-state index contributed by atoms with van der Waals surface area (Å²) in [6, 6.07) is 10.4. The van der Waals surface area contributed by atoms with Crippen LogP contribution in [0.25, 0.3) is 0 Å². The minimum Gasteiger partial charge on any atom is -0.393 e.